The summed E-state index contributed by atoms with van der Waals surface area (Å²) < 4.78 is 14.2. The van der Waals surface area contributed by atoms with Crippen LogP contribution in [0, 0.1) is 19.7 Å². The Morgan fingerprint density at radius 2 is 2.15 bits per heavy atom. The van der Waals surface area contributed by atoms with Gasteiger partial charge in [-0.25, -0.2) is 4.39 Å². The highest BCUT2D eigenvalue weighted by Crippen LogP contribution is 2.27. The number of hydrogen-bond donors (Lipinski definition) is 1. The van der Waals surface area contributed by atoms with Gasteiger partial charge in [0.2, 0.25) is 5.91 Å². The number of aryl methyl sites for hydroxylation is 2. The van der Waals surface area contributed by atoms with Gasteiger partial charge in [-0.3, -0.25) is 4.79 Å². The number of aromatic nitrogens is 2. The lowest BCUT2D eigenvalue weighted by atomic mass is 10.2. The number of halogens is 1. The van der Waals surface area contributed by atoms with Crippen LogP contribution in [0.25, 0.3) is 0 Å². The number of carbonyl (C=O) groups excluding carboxylic acids is 1. The fraction of sp³-hybridized carbons (Fsp3) is 0.308. The van der Waals surface area contributed by atoms with Gasteiger partial charge in [-0.2, -0.15) is 0 Å². The monoisotopic (exact) mass is 311 g/mol. The molecule has 1 N–H and O–H groups in total. The van der Waals surface area contributed by atoms with E-state index in [4.69, 9.17) is 0 Å². The van der Waals surface area contributed by atoms with Gasteiger partial charge in [0.05, 0.1) is 5.25 Å². The summed E-state index contributed by atoms with van der Waals surface area (Å²) in [6, 6.07) is 4.64. The van der Waals surface area contributed by atoms with E-state index in [1.54, 1.807) is 26.0 Å². The molecule has 4 nitrogen and oxygen atoms in total. The van der Waals surface area contributed by atoms with Gasteiger partial charge in [0.15, 0.2) is 4.34 Å². The Kier molecular flexibility index (Phi) is 4.72. The Morgan fingerprint density at radius 1 is 1.40 bits per heavy atom. The van der Waals surface area contributed by atoms with E-state index in [0.29, 0.717) is 11.3 Å². The second kappa shape index (κ2) is 6.32. The highest BCUT2D eigenvalue weighted by atomic mass is 32.2. The molecule has 20 heavy (non-hydrogen) atoms. The van der Waals surface area contributed by atoms with Crippen molar-refractivity contribution in [3.05, 3.63) is 34.6 Å². The largest absolute Gasteiger partial charge is 0.325 e. The Hall–Kier alpha value is -1.47. The van der Waals surface area contributed by atoms with Crippen molar-refractivity contribution < 1.29 is 9.18 Å². The summed E-state index contributed by atoms with van der Waals surface area (Å²) in [5.41, 5.74) is 1.01. The molecular formula is C13H14FN3OS2. The SMILES string of the molecule is Cc1nnc(S[C@H](C)C(=O)Nc2ccc(C)c(F)c2)s1. The van der Waals surface area contributed by atoms with E-state index in [9.17, 15) is 9.18 Å². The Labute approximate surface area is 124 Å². The van der Waals surface area contributed by atoms with Crippen LogP contribution >= 0.6 is 23.1 Å². The van der Waals surface area contributed by atoms with E-state index in [1.807, 2.05) is 6.92 Å². The molecule has 0 aliphatic rings. The standard InChI is InChI=1S/C13H14FN3OS2/c1-7-4-5-10(6-11(7)14)15-12(18)8(2)19-13-17-16-9(3)20-13/h4-6,8H,1-3H3,(H,15,18)/t8-/m1/s1. The summed E-state index contributed by atoms with van der Waals surface area (Å²) >= 11 is 2.78. The molecule has 0 unspecified atom stereocenters. The molecule has 0 spiro atoms. The van der Waals surface area contributed by atoms with Gasteiger partial charge in [0.1, 0.15) is 10.8 Å². The van der Waals surface area contributed by atoms with E-state index in [-0.39, 0.29) is 17.0 Å². The number of carbonyl (C=O) groups is 1. The molecule has 0 aliphatic heterocycles. The summed E-state index contributed by atoms with van der Waals surface area (Å²) in [5.74, 6) is -0.519. The summed E-state index contributed by atoms with van der Waals surface area (Å²) in [6.07, 6.45) is 0. The zero-order valence-electron chi connectivity index (χ0n) is 11.3. The number of anilines is 1. The molecule has 0 saturated heterocycles. The predicted molar refractivity (Wildman–Crippen MR) is 79.7 cm³/mol. The van der Waals surface area contributed by atoms with E-state index in [2.05, 4.69) is 15.5 Å². The van der Waals surface area contributed by atoms with Crippen LogP contribution < -0.4 is 5.32 Å². The van der Waals surface area contributed by atoms with E-state index < -0.39 is 0 Å². The van der Waals surface area contributed by atoms with E-state index >= 15 is 0 Å². The van der Waals surface area contributed by atoms with Crippen LogP contribution in [0.1, 0.15) is 17.5 Å². The minimum absolute atomic E-state index is 0.189. The fourth-order valence-corrected chi connectivity index (χ4v) is 3.40. The topological polar surface area (TPSA) is 54.9 Å². The molecule has 1 aromatic carbocycles. The average molecular weight is 311 g/mol. The highest BCUT2D eigenvalue weighted by molar-refractivity contribution is 8.02. The first-order valence-electron chi connectivity index (χ1n) is 5.99. The number of rotatable bonds is 4. The molecule has 1 aromatic heterocycles. The van der Waals surface area contributed by atoms with Crippen molar-refractivity contribution in [2.45, 2.75) is 30.4 Å². The summed E-state index contributed by atoms with van der Waals surface area (Å²) in [6.45, 7) is 5.32. The second-order valence-corrected chi connectivity index (χ2v) is 7.07. The molecule has 0 bridgehead atoms. The van der Waals surface area contributed by atoms with Gasteiger partial charge >= 0.3 is 0 Å². The quantitative estimate of drug-likeness (QED) is 0.879. The number of nitrogens with one attached hydrogen (secondary N) is 1. The molecule has 0 aliphatic carbocycles. The molecule has 2 rings (SSSR count). The van der Waals surface area contributed by atoms with Crippen LogP contribution in [0.2, 0.25) is 0 Å². The molecule has 0 radical (unpaired) electrons. The van der Waals surface area contributed by atoms with Gasteiger partial charge in [-0.05, 0) is 38.5 Å². The molecule has 1 heterocycles. The van der Waals surface area contributed by atoms with Crippen molar-refractivity contribution >= 4 is 34.7 Å². The fourth-order valence-electron chi connectivity index (χ4n) is 1.45. The van der Waals surface area contributed by atoms with Crippen LogP contribution in [-0.4, -0.2) is 21.4 Å². The Balaban J connectivity index is 1.98. The second-order valence-electron chi connectivity index (χ2n) is 4.30. The molecule has 0 saturated carbocycles. The minimum Gasteiger partial charge on any atom is -0.325 e. The normalized spacial score (nSPS) is 12.2. The third kappa shape index (κ3) is 3.77. The Morgan fingerprint density at radius 3 is 2.75 bits per heavy atom. The maximum absolute atomic E-state index is 13.4. The lowest BCUT2D eigenvalue weighted by Crippen LogP contribution is -2.22. The number of nitrogens with zero attached hydrogens (tertiary/aromatic N) is 2. The first-order chi connectivity index (χ1) is 9.45. The van der Waals surface area contributed by atoms with Gasteiger partial charge in [0, 0.05) is 5.69 Å². The number of thioether (sulfide) groups is 1. The summed E-state index contributed by atoms with van der Waals surface area (Å²) in [7, 11) is 0. The molecule has 106 valence electrons. The molecule has 0 fully saturated rings. The average Bonchev–Trinajstić information content (AvgIpc) is 2.79. The number of benzene rings is 1. The van der Waals surface area contributed by atoms with Crippen LogP contribution in [0.5, 0.6) is 0 Å². The lowest BCUT2D eigenvalue weighted by molar-refractivity contribution is -0.115. The van der Waals surface area contributed by atoms with Crippen molar-refractivity contribution in [1.29, 1.82) is 0 Å². The number of amides is 1. The van der Waals surface area contributed by atoms with Crippen LogP contribution in [0.3, 0.4) is 0 Å². The van der Waals surface area contributed by atoms with Crippen LogP contribution in [-0.2, 0) is 4.79 Å². The van der Waals surface area contributed by atoms with Crippen LogP contribution in [0.4, 0.5) is 10.1 Å². The third-order valence-corrected chi connectivity index (χ3v) is 4.62. The van der Waals surface area contributed by atoms with Gasteiger partial charge in [0.25, 0.3) is 0 Å². The third-order valence-electron chi connectivity index (χ3n) is 2.59. The smallest absolute Gasteiger partial charge is 0.237 e. The molecule has 7 heteroatoms. The zero-order valence-corrected chi connectivity index (χ0v) is 12.9. The van der Waals surface area contributed by atoms with Gasteiger partial charge in [-0.1, -0.05) is 29.2 Å². The molecule has 1 atom stereocenters. The van der Waals surface area contributed by atoms with Crippen molar-refractivity contribution in [3.63, 3.8) is 0 Å². The maximum atomic E-state index is 13.4. The summed E-state index contributed by atoms with van der Waals surface area (Å²) in [5, 5.41) is 11.1. The first-order valence-corrected chi connectivity index (χ1v) is 7.69. The number of hydrogen-bond acceptors (Lipinski definition) is 5. The Bertz CT molecular complexity index is 630. The van der Waals surface area contributed by atoms with Gasteiger partial charge in [-0.15, -0.1) is 10.2 Å². The van der Waals surface area contributed by atoms with Crippen LogP contribution in [0.15, 0.2) is 22.5 Å². The highest BCUT2D eigenvalue weighted by Gasteiger charge is 2.17. The van der Waals surface area contributed by atoms with Crippen molar-refractivity contribution in [2.75, 3.05) is 5.32 Å². The molecular weight excluding hydrogens is 297 g/mol. The summed E-state index contributed by atoms with van der Waals surface area (Å²) in [4.78, 5) is 12.0. The molecule has 2 aromatic rings. The lowest BCUT2D eigenvalue weighted by Gasteiger charge is -2.10. The van der Waals surface area contributed by atoms with E-state index in [1.165, 1.54) is 29.2 Å². The van der Waals surface area contributed by atoms with E-state index in [0.717, 1.165) is 9.35 Å². The van der Waals surface area contributed by atoms with Gasteiger partial charge < -0.3 is 5.32 Å². The minimum atomic E-state index is -0.331. The maximum Gasteiger partial charge on any atom is 0.237 e. The predicted octanol–water partition coefficient (Wildman–Crippen LogP) is 3.41. The molecule has 1 amide bonds. The van der Waals surface area contributed by atoms with Crippen molar-refractivity contribution in [2.24, 2.45) is 0 Å². The van der Waals surface area contributed by atoms with Crippen molar-refractivity contribution in [3.8, 4) is 0 Å². The first kappa shape index (κ1) is 14.9. The van der Waals surface area contributed by atoms with Crippen molar-refractivity contribution in [1.82, 2.24) is 10.2 Å². The zero-order chi connectivity index (χ0) is 14.7.